The molecule has 2 aromatic carbocycles. The molecule has 0 aliphatic carbocycles. The third-order valence-corrected chi connectivity index (χ3v) is 5.16. The SMILES string of the molecule is COc1c(Cl)cc(Cl)cc1/C=C/C(=O)Nc1ccccc1N1CCN(C)CC1. The number of likely N-dealkylation sites (N-methyl/N-ethyl adjacent to an activating group) is 1. The van der Waals surface area contributed by atoms with E-state index in [1.807, 2.05) is 24.3 Å². The summed E-state index contributed by atoms with van der Waals surface area (Å²) in [5.41, 5.74) is 2.46. The number of carbonyl (C=O) groups excluding carboxylic acids is 1. The van der Waals surface area contributed by atoms with E-state index >= 15 is 0 Å². The number of amides is 1. The van der Waals surface area contributed by atoms with Crippen LogP contribution in [0.25, 0.3) is 6.08 Å². The van der Waals surface area contributed by atoms with Gasteiger partial charge in [-0.15, -0.1) is 0 Å². The van der Waals surface area contributed by atoms with Crippen LogP contribution < -0.4 is 15.0 Å². The first-order valence-electron chi connectivity index (χ1n) is 9.02. The first kappa shape index (κ1) is 20.5. The number of hydrogen-bond donors (Lipinski definition) is 1. The molecule has 2 aromatic rings. The Hall–Kier alpha value is -2.21. The van der Waals surface area contributed by atoms with Crippen LogP contribution in [-0.4, -0.2) is 51.1 Å². The molecule has 1 aliphatic heterocycles. The van der Waals surface area contributed by atoms with E-state index in [0.717, 1.165) is 37.6 Å². The highest BCUT2D eigenvalue weighted by atomic mass is 35.5. The molecular formula is C21H23Cl2N3O2. The molecule has 0 unspecified atom stereocenters. The second-order valence-electron chi connectivity index (χ2n) is 6.64. The molecule has 3 rings (SSSR count). The smallest absolute Gasteiger partial charge is 0.248 e. The van der Waals surface area contributed by atoms with Gasteiger partial charge in [0, 0.05) is 42.8 Å². The molecule has 1 heterocycles. The predicted molar refractivity (Wildman–Crippen MR) is 117 cm³/mol. The Bertz CT molecular complexity index is 878. The summed E-state index contributed by atoms with van der Waals surface area (Å²) in [5.74, 6) is 0.243. The molecule has 1 fully saturated rings. The molecular weight excluding hydrogens is 397 g/mol. The average Bonchev–Trinajstić information content (AvgIpc) is 2.67. The fourth-order valence-electron chi connectivity index (χ4n) is 3.16. The van der Waals surface area contributed by atoms with Crippen molar-refractivity contribution in [3.05, 3.63) is 58.1 Å². The number of piperazine rings is 1. The minimum absolute atomic E-state index is 0.236. The molecule has 1 N–H and O–H groups in total. The molecule has 1 saturated heterocycles. The lowest BCUT2D eigenvalue weighted by molar-refractivity contribution is -0.111. The van der Waals surface area contributed by atoms with Crippen LogP contribution in [0.4, 0.5) is 11.4 Å². The number of carbonyl (C=O) groups is 1. The standard InChI is InChI=1S/C21H23Cl2N3O2/c1-25-9-11-26(12-10-25)19-6-4-3-5-18(19)24-20(27)8-7-15-13-16(22)14-17(23)21(15)28-2/h3-8,13-14H,9-12H2,1-2H3,(H,24,27)/b8-7+. The van der Waals surface area contributed by atoms with Gasteiger partial charge in [-0.3, -0.25) is 4.79 Å². The minimum Gasteiger partial charge on any atom is -0.495 e. The lowest BCUT2D eigenvalue weighted by atomic mass is 10.1. The zero-order chi connectivity index (χ0) is 20.1. The molecule has 0 radical (unpaired) electrons. The summed E-state index contributed by atoms with van der Waals surface area (Å²) < 4.78 is 5.30. The molecule has 28 heavy (non-hydrogen) atoms. The number of nitrogens with zero attached hydrogens (tertiary/aromatic N) is 2. The fourth-order valence-corrected chi connectivity index (χ4v) is 3.75. The maximum atomic E-state index is 12.5. The van der Waals surface area contributed by atoms with E-state index < -0.39 is 0 Å². The number of methoxy groups -OCH3 is 1. The van der Waals surface area contributed by atoms with Gasteiger partial charge in [0.1, 0.15) is 5.75 Å². The molecule has 7 heteroatoms. The molecule has 0 bridgehead atoms. The molecule has 1 aliphatic rings. The fraction of sp³-hybridized carbons (Fsp3) is 0.286. The van der Waals surface area contributed by atoms with Crippen LogP contribution in [0.3, 0.4) is 0 Å². The van der Waals surface area contributed by atoms with Gasteiger partial charge in [-0.2, -0.15) is 0 Å². The summed E-state index contributed by atoms with van der Waals surface area (Å²) in [6.07, 6.45) is 3.09. The van der Waals surface area contributed by atoms with Crippen molar-refractivity contribution >= 4 is 46.6 Å². The Balaban J connectivity index is 1.75. The quantitative estimate of drug-likeness (QED) is 0.729. The number of para-hydroxylation sites is 2. The van der Waals surface area contributed by atoms with E-state index in [1.54, 1.807) is 18.2 Å². The second kappa shape index (κ2) is 9.32. The van der Waals surface area contributed by atoms with Crippen molar-refractivity contribution in [3.8, 4) is 5.75 Å². The van der Waals surface area contributed by atoms with Gasteiger partial charge < -0.3 is 19.9 Å². The lowest BCUT2D eigenvalue weighted by Gasteiger charge is -2.35. The Labute approximate surface area is 175 Å². The zero-order valence-electron chi connectivity index (χ0n) is 15.9. The summed E-state index contributed by atoms with van der Waals surface area (Å²) in [6, 6.07) is 11.1. The molecule has 5 nitrogen and oxygen atoms in total. The summed E-state index contributed by atoms with van der Waals surface area (Å²) in [7, 11) is 3.64. The van der Waals surface area contributed by atoms with Gasteiger partial charge in [-0.05, 0) is 37.4 Å². The van der Waals surface area contributed by atoms with Gasteiger partial charge in [0.2, 0.25) is 5.91 Å². The largest absolute Gasteiger partial charge is 0.495 e. The number of benzene rings is 2. The summed E-state index contributed by atoms with van der Waals surface area (Å²) in [5, 5.41) is 3.84. The van der Waals surface area contributed by atoms with Crippen LogP contribution in [0.1, 0.15) is 5.56 Å². The molecule has 1 amide bonds. The number of ether oxygens (including phenoxy) is 1. The van der Waals surface area contributed by atoms with Crippen LogP contribution >= 0.6 is 23.2 Å². The van der Waals surface area contributed by atoms with E-state index in [2.05, 4.69) is 22.2 Å². The van der Waals surface area contributed by atoms with E-state index in [1.165, 1.54) is 13.2 Å². The normalized spacial score (nSPS) is 15.1. The molecule has 0 aromatic heterocycles. The highest BCUT2D eigenvalue weighted by molar-refractivity contribution is 6.36. The van der Waals surface area contributed by atoms with Crippen molar-refractivity contribution in [2.24, 2.45) is 0 Å². The monoisotopic (exact) mass is 419 g/mol. The van der Waals surface area contributed by atoms with E-state index in [4.69, 9.17) is 27.9 Å². The van der Waals surface area contributed by atoms with Crippen LogP contribution in [0.5, 0.6) is 5.75 Å². The number of halogens is 2. The third kappa shape index (κ3) is 4.98. The first-order valence-corrected chi connectivity index (χ1v) is 9.78. The van der Waals surface area contributed by atoms with Crippen molar-refractivity contribution in [1.82, 2.24) is 4.90 Å². The van der Waals surface area contributed by atoms with Crippen molar-refractivity contribution in [2.75, 3.05) is 50.6 Å². The van der Waals surface area contributed by atoms with Crippen LogP contribution in [0.15, 0.2) is 42.5 Å². The zero-order valence-corrected chi connectivity index (χ0v) is 17.4. The van der Waals surface area contributed by atoms with Crippen molar-refractivity contribution in [2.45, 2.75) is 0 Å². The van der Waals surface area contributed by atoms with Crippen LogP contribution in [0.2, 0.25) is 10.0 Å². The Morgan fingerprint density at radius 2 is 1.86 bits per heavy atom. The third-order valence-electron chi connectivity index (χ3n) is 4.66. The van der Waals surface area contributed by atoms with Crippen molar-refractivity contribution in [3.63, 3.8) is 0 Å². The topological polar surface area (TPSA) is 44.8 Å². The number of hydrogen-bond acceptors (Lipinski definition) is 4. The van der Waals surface area contributed by atoms with Gasteiger partial charge in [0.25, 0.3) is 0 Å². The average molecular weight is 420 g/mol. The Morgan fingerprint density at radius 3 is 2.57 bits per heavy atom. The highest BCUT2D eigenvalue weighted by Crippen LogP contribution is 2.33. The van der Waals surface area contributed by atoms with Crippen molar-refractivity contribution < 1.29 is 9.53 Å². The lowest BCUT2D eigenvalue weighted by Crippen LogP contribution is -2.44. The molecule has 148 valence electrons. The highest BCUT2D eigenvalue weighted by Gasteiger charge is 2.17. The van der Waals surface area contributed by atoms with Gasteiger partial charge in [-0.25, -0.2) is 0 Å². The Morgan fingerprint density at radius 1 is 1.14 bits per heavy atom. The minimum atomic E-state index is -0.236. The van der Waals surface area contributed by atoms with Gasteiger partial charge in [0.15, 0.2) is 0 Å². The Kier molecular flexibility index (Phi) is 6.83. The second-order valence-corrected chi connectivity index (χ2v) is 7.48. The number of rotatable bonds is 5. The summed E-state index contributed by atoms with van der Waals surface area (Å²) >= 11 is 12.2. The van der Waals surface area contributed by atoms with E-state index in [-0.39, 0.29) is 5.91 Å². The molecule has 0 spiro atoms. The molecule has 0 saturated carbocycles. The van der Waals surface area contributed by atoms with E-state index in [0.29, 0.717) is 21.4 Å². The summed E-state index contributed by atoms with van der Waals surface area (Å²) in [4.78, 5) is 17.1. The molecule has 0 atom stereocenters. The van der Waals surface area contributed by atoms with Gasteiger partial charge >= 0.3 is 0 Å². The van der Waals surface area contributed by atoms with Gasteiger partial charge in [-0.1, -0.05) is 35.3 Å². The summed E-state index contributed by atoms with van der Waals surface area (Å²) in [6.45, 7) is 3.85. The first-order chi connectivity index (χ1) is 13.5. The van der Waals surface area contributed by atoms with Crippen LogP contribution in [-0.2, 0) is 4.79 Å². The van der Waals surface area contributed by atoms with E-state index in [9.17, 15) is 4.79 Å². The van der Waals surface area contributed by atoms with Crippen LogP contribution in [0, 0.1) is 0 Å². The maximum absolute atomic E-state index is 12.5. The van der Waals surface area contributed by atoms with Gasteiger partial charge in [0.05, 0.1) is 23.5 Å². The number of nitrogens with one attached hydrogen (secondary N) is 1. The van der Waals surface area contributed by atoms with Crippen molar-refractivity contribution in [1.29, 1.82) is 0 Å². The number of anilines is 2. The predicted octanol–water partition coefficient (Wildman–Crippen LogP) is 4.41. The maximum Gasteiger partial charge on any atom is 0.248 e.